The quantitative estimate of drug-likeness (QED) is 0.239. The first kappa shape index (κ1) is 30.7. The molecule has 0 nitrogen and oxygen atoms in total. The minimum Gasteiger partial charge on any atom is -0.103 e. The van der Waals surface area contributed by atoms with Crippen molar-refractivity contribution in [2.24, 2.45) is 39.4 Å². The zero-order valence-corrected chi connectivity index (χ0v) is 25.0. The highest BCUT2D eigenvalue weighted by Crippen LogP contribution is 2.56. The van der Waals surface area contributed by atoms with E-state index in [0.29, 0.717) is 17.8 Å². The van der Waals surface area contributed by atoms with Crippen molar-refractivity contribution in [2.75, 3.05) is 0 Å². The maximum atomic E-state index is 4.36. The van der Waals surface area contributed by atoms with Crippen LogP contribution >= 0.6 is 0 Å². The third-order valence-electron chi connectivity index (χ3n) is 9.68. The summed E-state index contributed by atoms with van der Waals surface area (Å²) in [6, 6.07) is 11.1. The summed E-state index contributed by atoms with van der Waals surface area (Å²) in [5, 5.41) is 0. The lowest BCUT2D eigenvalue weighted by Gasteiger charge is -2.52. The van der Waals surface area contributed by atoms with Gasteiger partial charge in [-0.1, -0.05) is 132 Å². The van der Waals surface area contributed by atoms with Crippen LogP contribution in [-0.2, 0) is 0 Å². The van der Waals surface area contributed by atoms with Crippen LogP contribution in [0, 0.1) is 39.4 Å². The Hall–Kier alpha value is -1.30. The normalized spacial score (nSPS) is 15.8. The van der Waals surface area contributed by atoms with Crippen molar-refractivity contribution in [3.63, 3.8) is 0 Å². The van der Waals surface area contributed by atoms with Gasteiger partial charge in [-0.3, -0.25) is 0 Å². The van der Waals surface area contributed by atoms with Crippen molar-refractivity contribution < 1.29 is 0 Å². The van der Waals surface area contributed by atoms with Crippen LogP contribution in [0.1, 0.15) is 120 Å². The molecule has 34 heavy (non-hydrogen) atoms. The number of hydrogen-bond acceptors (Lipinski definition) is 0. The molecular weight excluding hydrogens is 408 g/mol. The molecular formula is C34H58. The van der Waals surface area contributed by atoms with Crippen LogP contribution in [0.5, 0.6) is 0 Å². The fourth-order valence-electron chi connectivity index (χ4n) is 5.24. The molecule has 0 aliphatic rings. The summed E-state index contributed by atoms with van der Waals surface area (Å²) < 4.78 is 0. The summed E-state index contributed by atoms with van der Waals surface area (Å²) in [4.78, 5) is 0. The molecule has 0 heterocycles. The molecule has 2 atom stereocenters. The summed E-state index contributed by atoms with van der Waals surface area (Å²) >= 11 is 0. The van der Waals surface area contributed by atoms with Gasteiger partial charge in [0.1, 0.15) is 0 Å². The second-order valence-corrected chi connectivity index (χ2v) is 14.2. The van der Waals surface area contributed by atoms with Gasteiger partial charge in [0.15, 0.2) is 0 Å². The standard InChI is InChI=1S/C34H58/c1-14-29(24-32(8,9)31(6,7)23-19-18-20-26(2)3)34(12,13)33(10,11)25-30(27(4)5)28-21-16-15-17-22-28/h14-19,21-22,26-27,29-30H,1,20,23-25H2,2-13H3/b19-18+. The maximum Gasteiger partial charge on any atom is -0.0134 e. The average molecular weight is 467 g/mol. The minimum atomic E-state index is 0.136. The van der Waals surface area contributed by atoms with Crippen molar-refractivity contribution in [1.29, 1.82) is 0 Å². The minimum absolute atomic E-state index is 0.136. The first-order chi connectivity index (χ1) is 15.5. The fraction of sp³-hybridized carbons (Fsp3) is 0.706. The largest absolute Gasteiger partial charge is 0.103 e. The zero-order chi connectivity index (χ0) is 26.4. The van der Waals surface area contributed by atoms with Crippen molar-refractivity contribution in [2.45, 2.75) is 115 Å². The average Bonchev–Trinajstić information content (AvgIpc) is 2.73. The van der Waals surface area contributed by atoms with E-state index in [1.807, 2.05) is 0 Å². The third-order valence-corrected chi connectivity index (χ3v) is 9.68. The van der Waals surface area contributed by atoms with E-state index < -0.39 is 0 Å². The van der Waals surface area contributed by atoms with Crippen molar-refractivity contribution in [3.8, 4) is 0 Å². The van der Waals surface area contributed by atoms with Gasteiger partial charge in [-0.2, -0.15) is 0 Å². The molecule has 0 saturated carbocycles. The summed E-state index contributed by atoms with van der Waals surface area (Å²) in [7, 11) is 0. The summed E-state index contributed by atoms with van der Waals surface area (Å²) in [5.41, 5.74) is 2.22. The molecule has 1 aromatic rings. The molecule has 194 valence electrons. The van der Waals surface area contributed by atoms with Crippen LogP contribution < -0.4 is 0 Å². The van der Waals surface area contributed by atoms with Gasteiger partial charge in [0.05, 0.1) is 0 Å². The molecule has 1 rings (SSSR count). The van der Waals surface area contributed by atoms with E-state index in [0.717, 1.165) is 18.8 Å². The van der Waals surface area contributed by atoms with E-state index in [4.69, 9.17) is 0 Å². The number of benzene rings is 1. The van der Waals surface area contributed by atoms with Crippen molar-refractivity contribution in [1.82, 2.24) is 0 Å². The van der Waals surface area contributed by atoms with Crippen LogP contribution in [0.3, 0.4) is 0 Å². The Morgan fingerprint density at radius 2 is 1.29 bits per heavy atom. The van der Waals surface area contributed by atoms with Crippen molar-refractivity contribution in [3.05, 3.63) is 60.7 Å². The Balaban J connectivity index is 3.12. The third kappa shape index (κ3) is 7.86. The van der Waals surface area contributed by atoms with E-state index >= 15 is 0 Å². The van der Waals surface area contributed by atoms with Gasteiger partial charge >= 0.3 is 0 Å². The molecule has 1 aromatic carbocycles. The molecule has 0 saturated heterocycles. The highest BCUT2D eigenvalue weighted by atomic mass is 14.5. The number of hydrogen-bond donors (Lipinski definition) is 0. The molecule has 0 amide bonds. The zero-order valence-electron chi connectivity index (χ0n) is 25.0. The second kappa shape index (κ2) is 12.1. The molecule has 0 aromatic heterocycles. The van der Waals surface area contributed by atoms with Gasteiger partial charge < -0.3 is 0 Å². The van der Waals surface area contributed by atoms with Crippen LogP contribution in [0.25, 0.3) is 0 Å². The first-order valence-corrected chi connectivity index (χ1v) is 13.8. The summed E-state index contributed by atoms with van der Waals surface area (Å²) in [6.45, 7) is 33.5. The Kier molecular flexibility index (Phi) is 10.9. The molecule has 0 aliphatic carbocycles. The smallest absolute Gasteiger partial charge is 0.0134 e. The van der Waals surface area contributed by atoms with Crippen LogP contribution in [0.4, 0.5) is 0 Å². The Morgan fingerprint density at radius 1 is 0.735 bits per heavy atom. The molecule has 0 N–H and O–H groups in total. The fourth-order valence-corrected chi connectivity index (χ4v) is 5.24. The van der Waals surface area contributed by atoms with Gasteiger partial charge in [-0.05, 0) is 76.6 Å². The topological polar surface area (TPSA) is 0 Å². The molecule has 0 bridgehead atoms. The molecule has 0 fully saturated rings. The monoisotopic (exact) mass is 466 g/mol. The predicted octanol–water partition coefficient (Wildman–Crippen LogP) is 11.1. The Labute approximate surface area is 214 Å². The number of allylic oxidation sites excluding steroid dienone is 3. The van der Waals surface area contributed by atoms with E-state index in [1.54, 1.807) is 0 Å². The molecule has 2 unspecified atom stereocenters. The molecule has 0 radical (unpaired) electrons. The summed E-state index contributed by atoms with van der Waals surface area (Å²) in [5.74, 6) is 2.37. The lowest BCUT2D eigenvalue weighted by atomic mass is 9.53. The SMILES string of the molecule is C=CC(CC(C)(C)C(C)(C)C/C=C/CC(C)C)C(C)(C)C(C)(C)CC(c1ccccc1)C(C)C. The Bertz CT molecular complexity index is 754. The lowest BCUT2D eigenvalue weighted by Crippen LogP contribution is -2.43. The van der Waals surface area contributed by atoms with Crippen LogP contribution in [-0.4, -0.2) is 0 Å². The predicted molar refractivity (Wildman–Crippen MR) is 155 cm³/mol. The highest BCUT2D eigenvalue weighted by molar-refractivity contribution is 5.21. The van der Waals surface area contributed by atoms with E-state index in [9.17, 15) is 0 Å². The van der Waals surface area contributed by atoms with Gasteiger partial charge in [0, 0.05) is 0 Å². The van der Waals surface area contributed by atoms with Crippen molar-refractivity contribution >= 4 is 0 Å². The van der Waals surface area contributed by atoms with E-state index in [-0.39, 0.29) is 21.7 Å². The molecule has 0 aliphatic heterocycles. The molecule has 0 spiro atoms. The van der Waals surface area contributed by atoms with E-state index in [1.165, 1.54) is 18.4 Å². The second-order valence-electron chi connectivity index (χ2n) is 14.2. The van der Waals surface area contributed by atoms with Gasteiger partial charge in [-0.15, -0.1) is 6.58 Å². The first-order valence-electron chi connectivity index (χ1n) is 13.8. The van der Waals surface area contributed by atoms with Crippen LogP contribution in [0.2, 0.25) is 0 Å². The molecule has 0 heteroatoms. The Morgan fingerprint density at radius 3 is 1.76 bits per heavy atom. The van der Waals surface area contributed by atoms with E-state index in [2.05, 4.69) is 138 Å². The number of rotatable bonds is 14. The highest BCUT2D eigenvalue weighted by Gasteiger charge is 2.47. The van der Waals surface area contributed by atoms with Crippen LogP contribution in [0.15, 0.2) is 55.1 Å². The van der Waals surface area contributed by atoms with Gasteiger partial charge in [0.25, 0.3) is 0 Å². The maximum absolute atomic E-state index is 4.36. The van der Waals surface area contributed by atoms with Gasteiger partial charge in [-0.25, -0.2) is 0 Å². The lowest BCUT2D eigenvalue weighted by molar-refractivity contribution is -0.00339. The van der Waals surface area contributed by atoms with Gasteiger partial charge in [0.2, 0.25) is 0 Å². The summed E-state index contributed by atoms with van der Waals surface area (Å²) in [6.07, 6.45) is 11.7.